The van der Waals surface area contributed by atoms with Crippen molar-refractivity contribution in [2.24, 2.45) is 0 Å². The van der Waals surface area contributed by atoms with Gasteiger partial charge in [-0.1, -0.05) is 0 Å². The Hall–Kier alpha value is -0.580. The van der Waals surface area contributed by atoms with Crippen molar-refractivity contribution in [3.63, 3.8) is 0 Å². The first kappa shape index (κ1) is 9.42. The zero-order valence-corrected chi connectivity index (χ0v) is 6.72. The summed E-state index contributed by atoms with van der Waals surface area (Å²) in [5.74, 6) is -0.119. The summed E-state index contributed by atoms with van der Waals surface area (Å²) in [6, 6.07) is 0. The maximum atomic E-state index is 10.5. The van der Waals surface area contributed by atoms with Crippen molar-refractivity contribution in [2.45, 2.75) is 13.0 Å². The van der Waals surface area contributed by atoms with Crippen molar-refractivity contribution < 1.29 is 17.9 Å². The molecule has 1 atom stereocenters. The van der Waals surface area contributed by atoms with E-state index in [9.17, 15) is 13.2 Å². The van der Waals surface area contributed by atoms with Crippen LogP contribution in [0.15, 0.2) is 0 Å². The number of ether oxygens (including phenoxy) is 1. The van der Waals surface area contributed by atoms with Crippen molar-refractivity contribution in [3.8, 4) is 0 Å². The molecule has 0 aromatic heterocycles. The molecule has 0 aliphatic heterocycles. The Morgan fingerprint density at radius 3 is 2.40 bits per heavy atom. The van der Waals surface area contributed by atoms with Crippen molar-refractivity contribution in [1.29, 1.82) is 0 Å². The average molecular weight is 166 g/mol. The molecule has 5 heteroatoms. The number of carbonyl (C=O) groups excluding carboxylic acids is 1. The normalized spacial score (nSPS) is 14.2. The molecule has 1 unspecified atom stereocenters. The number of carbonyl (C=O) groups is 1. The summed E-state index contributed by atoms with van der Waals surface area (Å²) < 4.78 is 25.4. The molecule has 0 rings (SSSR count). The van der Waals surface area contributed by atoms with Gasteiger partial charge in [0.2, 0.25) is 0 Å². The fraction of sp³-hybridized carbons (Fsp3) is 0.800. The molecule has 0 aromatic rings. The van der Waals surface area contributed by atoms with Gasteiger partial charge >= 0.3 is 0 Å². The highest BCUT2D eigenvalue weighted by Crippen LogP contribution is 1.92. The van der Waals surface area contributed by atoms with E-state index in [0.29, 0.717) is 0 Å². The van der Waals surface area contributed by atoms with Crippen molar-refractivity contribution in [3.05, 3.63) is 0 Å². The highest BCUT2D eigenvalue weighted by atomic mass is 32.2. The summed E-state index contributed by atoms with van der Waals surface area (Å²) in [5, 5.41) is 0. The Morgan fingerprint density at radius 1 is 1.60 bits per heavy atom. The molecule has 0 radical (unpaired) electrons. The van der Waals surface area contributed by atoms with E-state index in [4.69, 9.17) is 0 Å². The van der Waals surface area contributed by atoms with Crippen LogP contribution in [0.2, 0.25) is 0 Å². The third-order valence-corrected chi connectivity index (χ3v) is 1.90. The number of hydrogen-bond donors (Lipinski definition) is 0. The molecule has 0 amide bonds. The Kier molecular flexibility index (Phi) is 3.35. The summed E-state index contributed by atoms with van der Waals surface area (Å²) in [5.41, 5.74) is 0. The van der Waals surface area contributed by atoms with E-state index >= 15 is 0 Å². The van der Waals surface area contributed by atoms with Gasteiger partial charge in [0, 0.05) is 6.26 Å². The van der Waals surface area contributed by atoms with Gasteiger partial charge in [-0.25, -0.2) is 8.42 Å². The fourth-order valence-electron chi connectivity index (χ4n) is 0.560. The second-order valence-corrected chi connectivity index (χ2v) is 4.32. The molecular formula is C5H10O4S. The first-order valence-electron chi connectivity index (χ1n) is 2.72. The zero-order chi connectivity index (χ0) is 8.20. The van der Waals surface area contributed by atoms with Gasteiger partial charge in [-0.3, -0.25) is 4.79 Å². The Labute approximate surface area is 60.1 Å². The SMILES string of the molecule is CC(CS(C)(=O)=O)OC=O. The predicted octanol–water partition coefficient (Wildman–Crippen LogP) is -0.407. The van der Waals surface area contributed by atoms with E-state index in [1.165, 1.54) is 6.92 Å². The minimum Gasteiger partial charge on any atom is -0.464 e. The van der Waals surface area contributed by atoms with E-state index in [0.717, 1.165) is 6.26 Å². The van der Waals surface area contributed by atoms with Crippen molar-refractivity contribution >= 4 is 16.3 Å². The average Bonchev–Trinajstić information content (AvgIpc) is 1.59. The van der Waals surface area contributed by atoms with Gasteiger partial charge in [0.1, 0.15) is 6.10 Å². The van der Waals surface area contributed by atoms with Crippen LogP contribution in [0.5, 0.6) is 0 Å². The quantitative estimate of drug-likeness (QED) is 0.533. The molecule has 0 saturated heterocycles. The third kappa shape index (κ3) is 5.55. The second kappa shape index (κ2) is 3.55. The molecule has 0 heterocycles. The van der Waals surface area contributed by atoms with Crippen molar-refractivity contribution in [2.75, 3.05) is 12.0 Å². The topological polar surface area (TPSA) is 60.4 Å². The van der Waals surface area contributed by atoms with Crippen LogP contribution in [-0.2, 0) is 19.4 Å². The lowest BCUT2D eigenvalue weighted by molar-refractivity contribution is -0.131. The zero-order valence-electron chi connectivity index (χ0n) is 5.90. The van der Waals surface area contributed by atoms with Gasteiger partial charge in [0.25, 0.3) is 6.47 Å². The van der Waals surface area contributed by atoms with Crippen LogP contribution < -0.4 is 0 Å². The fourth-order valence-corrected chi connectivity index (χ4v) is 1.49. The molecule has 0 bridgehead atoms. The van der Waals surface area contributed by atoms with Gasteiger partial charge in [-0.05, 0) is 6.92 Å². The smallest absolute Gasteiger partial charge is 0.293 e. The molecule has 0 aliphatic carbocycles. The second-order valence-electron chi connectivity index (χ2n) is 2.14. The van der Waals surface area contributed by atoms with E-state index in [1.54, 1.807) is 0 Å². The summed E-state index contributed by atoms with van der Waals surface area (Å²) in [6.45, 7) is 1.77. The maximum absolute atomic E-state index is 10.5. The highest BCUT2D eigenvalue weighted by molar-refractivity contribution is 7.90. The van der Waals surface area contributed by atoms with E-state index < -0.39 is 15.9 Å². The molecular weight excluding hydrogens is 156 g/mol. The van der Waals surface area contributed by atoms with Gasteiger partial charge in [0.05, 0.1) is 5.75 Å². The van der Waals surface area contributed by atoms with Crippen LogP contribution in [0.25, 0.3) is 0 Å². The van der Waals surface area contributed by atoms with Crippen LogP contribution in [0.3, 0.4) is 0 Å². The van der Waals surface area contributed by atoms with Crippen molar-refractivity contribution in [1.82, 2.24) is 0 Å². The molecule has 0 aliphatic rings. The highest BCUT2D eigenvalue weighted by Gasteiger charge is 2.09. The molecule has 0 fully saturated rings. The maximum Gasteiger partial charge on any atom is 0.293 e. The van der Waals surface area contributed by atoms with Gasteiger partial charge in [-0.2, -0.15) is 0 Å². The van der Waals surface area contributed by atoms with Crippen LogP contribution in [-0.4, -0.2) is 33.0 Å². The number of sulfone groups is 1. The first-order chi connectivity index (χ1) is 4.45. The standard InChI is InChI=1S/C5H10O4S/c1-5(9-4-6)3-10(2,7)8/h4-5H,3H2,1-2H3. The predicted molar refractivity (Wildman–Crippen MR) is 36.3 cm³/mol. The van der Waals surface area contributed by atoms with E-state index in [-0.39, 0.29) is 12.2 Å². The summed E-state index contributed by atoms with van der Waals surface area (Å²) >= 11 is 0. The lowest BCUT2D eigenvalue weighted by Crippen LogP contribution is -2.19. The summed E-state index contributed by atoms with van der Waals surface area (Å²) in [4.78, 5) is 9.68. The summed E-state index contributed by atoms with van der Waals surface area (Å²) in [6.07, 6.45) is 0.546. The van der Waals surface area contributed by atoms with E-state index in [2.05, 4.69) is 4.74 Å². The number of rotatable bonds is 4. The summed E-state index contributed by atoms with van der Waals surface area (Å²) in [7, 11) is -3.03. The Bertz CT molecular complexity index is 194. The van der Waals surface area contributed by atoms with Crippen LogP contribution in [0.4, 0.5) is 0 Å². The lowest BCUT2D eigenvalue weighted by atomic mass is 10.5. The minimum atomic E-state index is -3.03. The van der Waals surface area contributed by atoms with Crippen LogP contribution >= 0.6 is 0 Å². The Morgan fingerprint density at radius 2 is 2.10 bits per heavy atom. The number of hydrogen-bond acceptors (Lipinski definition) is 4. The Balaban J connectivity index is 3.80. The van der Waals surface area contributed by atoms with E-state index in [1.807, 2.05) is 0 Å². The van der Waals surface area contributed by atoms with Crippen LogP contribution in [0.1, 0.15) is 6.92 Å². The molecule has 4 nitrogen and oxygen atoms in total. The molecule has 0 spiro atoms. The molecule has 10 heavy (non-hydrogen) atoms. The van der Waals surface area contributed by atoms with Gasteiger partial charge < -0.3 is 4.74 Å². The molecule has 0 aromatic carbocycles. The molecule has 0 saturated carbocycles. The monoisotopic (exact) mass is 166 g/mol. The van der Waals surface area contributed by atoms with Gasteiger partial charge in [0.15, 0.2) is 9.84 Å². The first-order valence-corrected chi connectivity index (χ1v) is 4.78. The third-order valence-electron chi connectivity index (χ3n) is 0.825. The van der Waals surface area contributed by atoms with Gasteiger partial charge in [-0.15, -0.1) is 0 Å². The molecule has 0 N–H and O–H groups in total. The lowest BCUT2D eigenvalue weighted by Gasteiger charge is -2.05. The van der Waals surface area contributed by atoms with Crippen LogP contribution in [0, 0.1) is 0 Å². The minimum absolute atomic E-state index is 0.119. The molecule has 60 valence electrons. The largest absolute Gasteiger partial charge is 0.464 e.